The molecule has 0 spiro atoms. The lowest BCUT2D eigenvalue weighted by Crippen LogP contribution is -2.34. The first-order valence-corrected chi connectivity index (χ1v) is 9.48. The second-order valence-corrected chi connectivity index (χ2v) is 7.77. The Morgan fingerprint density at radius 3 is 2.46 bits per heavy atom. The minimum atomic E-state index is -0.522. The fourth-order valence-corrected chi connectivity index (χ4v) is 2.78. The number of nitrogens with one attached hydrogen (secondary N) is 2. The highest BCUT2D eigenvalue weighted by molar-refractivity contribution is 5.95. The largest absolute Gasteiger partial charge is 0.444 e. The van der Waals surface area contributed by atoms with E-state index in [1.54, 1.807) is 10.9 Å². The number of alkyl carbamates (subject to hydrolysis) is 1. The molecule has 2 amide bonds. The van der Waals surface area contributed by atoms with Gasteiger partial charge in [-0.15, -0.1) is 0 Å². The summed E-state index contributed by atoms with van der Waals surface area (Å²) in [6.45, 7) is 7.82. The normalized spacial score (nSPS) is 12.3. The van der Waals surface area contributed by atoms with E-state index in [0.29, 0.717) is 24.9 Å². The maximum atomic E-state index is 12.7. The Labute approximate surface area is 166 Å². The average Bonchev–Trinajstić information content (AvgIpc) is 2.96. The third-order valence-electron chi connectivity index (χ3n) is 4.32. The average molecular weight is 386 g/mol. The second kappa shape index (κ2) is 9.39. The van der Waals surface area contributed by atoms with Crippen molar-refractivity contribution >= 4 is 12.0 Å². The Morgan fingerprint density at radius 1 is 1.21 bits per heavy atom. The molecule has 0 saturated heterocycles. The lowest BCUT2D eigenvalue weighted by atomic mass is 10.0. The highest BCUT2D eigenvalue weighted by Crippen LogP contribution is 2.19. The van der Waals surface area contributed by atoms with Gasteiger partial charge in [-0.1, -0.05) is 30.3 Å². The van der Waals surface area contributed by atoms with Crippen LogP contribution in [0.4, 0.5) is 4.79 Å². The highest BCUT2D eigenvalue weighted by Gasteiger charge is 2.19. The Kier molecular flexibility index (Phi) is 7.20. The van der Waals surface area contributed by atoms with Gasteiger partial charge in [0.25, 0.3) is 5.91 Å². The van der Waals surface area contributed by atoms with E-state index < -0.39 is 11.7 Å². The van der Waals surface area contributed by atoms with E-state index in [0.717, 1.165) is 11.3 Å². The summed E-state index contributed by atoms with van der Waals surface area (Å²) in [4.78, 5) is 24.5. The molecule has 2 aromatic rings. The Balaban J connectivity index is 1.96. The molecule has 0 saturated carbocycles. The number of ether oxygens (including phenoxy) is 1. The van der Waals surface area contributed by atoms with Crippen molar-refractivity contribution in [2.45, 2.75) is 52.2 Å². The molecule has 1 heterocycles. The molecule has 2 N–H and O–H groups in total. The van der Waals surface area contributed by atoms with Crippen molar-refractivity contribution in [3.8, 4) is 0 Å². The second-order valence-electron chi connectivity index (χ2n) is 7.77. The maximum Gasteiger partial charge on any atom is 0.407 e. The molecule has 2 rings (SSSR count). The van der Waals surface area contributed by atoms with Gasteiger partial charge in [0.2, 0.25) is 0 Å². The number of benzene rings is 1. The van der Waals surface area contributed by atoms with Gasteiger partial charge in [0.15, 0.2) is 0 Å². The van der Waals surface area contributed by atoms with Crippen molar-refractivity contribution in [1.29, 1.82) is 0 Å². The maximum absolute atomic E-state index is 12.7. The lowest BCUT2D eigenvalue weighted by molar-refractivity contribution is 0.0526. The van der Waals surface area contributed by atoms with E-state index in [4.69, 9.17) is 4.74 Å². The van der Waals surface area contributed by atoms with Crippen LogP contribution in [0.15, 0.2) is 36.5 Å². The van der Waals surface area contributed by atoms with Crippen LogP contribution in [-0.2, 0) is 11.8 Å². The van der Waals surface area contributed by atoms with Crippen molar-refractivity contribution in [1.82, 2.24) is 20.4 Å². The van der Waals surface area contributed by atoms with E-state index in [2.05, 4.69) is 15.7 Å². The zero-order chi connectivity index (χ0) is 20.7. The van der Waals surface area contributed by atoms with Crippen LogP contribution < -0.4 is 10.6 Å². The Bertz CT molecular complexity index is 794. The number of aryl methyl sites for hydroxylation is 1. The van der Waals surface area contributed by atoms with Crippen molar-refractivity contribution in [2.24, 2.45) is 7.05 Å². The SMILES string of the molecule is Cc1c(C(=O)NC(CCCNC(=O)OC(C)(C)C)c2ccccc2)cnn1C. The third kappa shape index (κ3) is 6.40. The molecule has 7 nitrogen and oxygen atoms in total. The number of hydrogen-bond acceptors (Lipinski definition) is 4. The van der Waals surface area contributed by atoms with Crippen LogP contribution in [0.5, 0.6) is 0 Å². The first-order chi connectivity index (χ1) is 13.2. The molecule has 152 valence electrons. The molecule has 0 fully saturated rings. The zero-order valence-corrected chi connectivity index (χ0v) is 17.3. The molecule has 0 aliphatic carbocycles. The van der Waals surface area contributed by atoms with Crippen molar-refractivity contribution in [3.63, 3.8) is 0 Å². The predicted octanol–water partition coefficient (Wildman–Crippen LogP) is 3.50. The van der Waals surface area contributed by atoms with Gasteiger partial charge < -0.3 is 15.4 Å². The first-order valence-electron chi connectivity index (χ1n) is 9.48. The standard InChI is InChI=1S/C21H30N4O3/c1-15-17(14-23-25(15)5)19(26)24-18(16-10-7-6-8-11-16)12-9-13-22-20(27)28-21(2,3)4/h6-8,10-11,14,18H,9,12-13H2,1-5H3,(H,22,27)(H,24,26). The summed E-state index contributed by atoms with van der Waals surface area (Å²) >= 11 is 0. The van der Waals surface area contributed by atoms with Crippen LogP contribution in [0, 0.1) is 6.92 Å². The summed E-state index contributed by atoms with van der Waals surface area (Å²) in [6, 6.07) is 9.65. The Hall–Kier alpha value is -2.83. The molecule has 7 heteroatoms. The molecule has 0 bridgehead atoms. The summed E-state index contributed by atoms with van der Waals surface area (Å²) in [5, 5.41) is 9.99. The van der Waals surface area contributed by atoms with Gasteiger partial charge in [-0.05, 0) is 46.1 Å². The van der Waals surface area contributed by atoms with Gasteiger partial charge in [-0.3, -0.25) is 9.48 Å². The fraction of sp³-hybridized carbons (Fsp3) is 0.476. The third-order valence-corrected chi connectivity index (χ3v) is 4.32. The number of carbonyl (C=O) groups is 2. The van der Waals surface area contributed by atoms with Gasteiger partial charge in [0.1, 0.15) is 5.60 Å². The molecule has 0 aliphatic rings. The van der Waals surface area contributed by atoms with Crippen molar-refractivity contribution in [2.75, 3.05) is 6.54 Å². The van der Waals surface area contributed by atoms with Crippen molar-refractivity contribution < 1.29 is 14.3 Å². The van der Waals surface area contributed by atoms with Crippen LogP contribution in [0.1, 0.15) is 61.3 Å². The van der Waals surface area contributed by atoms with E-state index >= 15 is 0 Å². The van der Waals surface area contributed by atoms with Crippen LogP contribution in [-0.4, -0.2) is 33.9 Å². The molecule has 1 unspecified atom stereocenters. The van der Waals surface area contributed by atoms with E-state index in [9.17, 15) is 9.59 Å². The van der Waals surface area contributed by atoms with Gasteiger partial charge in [0.05, 0.1) is 17.8 Å². The van der Waals surface area contributed by atoms with E-state index in [1.807, 2.05) is 65.1 Å². The number of nitrogens with zero attached hydrogens (tertiary/aromatic N) is 2. The molecular formula is C21H30N4O3. The first kappa shape index (κ1) is 21.5. The highest BCUT2D eigenvalue weighted by atomic mass is 16.6. The minimum absolute atomic E-state index is 0.153. The minimum Gasteiger partial charge on any atom is -0.444 e. The van der Waals surface area contributed by atoms with Gasteiger partial charge in [0, 0.05) is 19.3 Å². The van der Waals surface area contributed by atoms with E-state index in [-0.39, 0.29) is 11.9 Å². The van der Waals surface area contributed by atoms with Crippen LogP contribution in [0.2, 0.25) is 0 Å². The van der Waals surface area contributed by atoms with Crippen LogP contribution >= 0.6 is 0 Å². The summed E-state index contributed by atoms with van der Waals surface area (Å²) in [6.07, 6.45) is 2.53. The summed E-state index contributed by atoms with van der Waals surface area (Å²) in [7, 11) is 1.81. The smallest absolute Gasteiger partial charge is 0.407 e. The van der Waals surface area contributed by atoms with Gasteiger partial charge in [-0.2, -0.15) is 5.10 Å². The lowest BCUT2D eigenvalue weighted by Gasteiger charge is -2.21. The summed E-state index contributed by atoms with van der Waals surface area (Å²) in [5.41, 5.74) is 1.88. The molecule has 1 atom stereocenters. The molecule has 28 heavy (non-hydrogen) atoms. The number of aromatic nitrogens is 2. The summed E-state index contributed by atoms with van der Waals surface area (Å²) < 4.78 is 6.92. The number of hydrogen-bond donors (Lipinski definition) is 2. The molecule has 1 aromatic heterocycles. The number of rotatable bonds is 7. The number of carbonyl (C=O) groups excluding carboxylic acids is 2. The number of amides is 2. The molecule has 0 radical (unpaired) electrons. The zero-order valence-electron chi connectivity index (χ0n) is 17.3. The molecule has 0 aliphatic heterocycles. The molecular weight excluding hydrogens is 356 g/mol. The van der Waals surface area contributed by atoms with Crippen LogP contribution in [0.3, 0.4) is 0 Å². The topological polar surface area (TPSA) is 85.2 Å². The van der Waals surface area contributed by atoms with Crippen molar-refractivity contribution in [3.05, 3.63) is 53.3 Å². The Morgan fingerprint density at radius 2 is 1.89 bits per heavy atom. The predicted molar refractivity (Wildman–Crippen MR) is 108 cm³/mol. The molecule has 1 aromatic carbocycles. The summed E-state index contributed by atoms with van der Waals surface area (Å²) in [5.74, 6) is -0.153. The quantitative estimate of drug-likeness (QED) is 0.713. The van der Waals surface area contributed by atoms with Gasteiger partial charge in [-0.25, -0.2) is 4.79 Å². The fourth-order valence-electron chi connectivity index (χ4n) is 2.78. The van der Waals surface area contributed by atoms with Crippen LogP contribution in [0.25, 0.3) is 0 Å². The van der Waals surface area contributed by atoms with Gasteiger partial charge >= 0.3 is 6.09 Å². The van der Waals surface area contributed by atoms with E-state index in [1.165, 1.54) is 0 Å². The monoisotopic (exact) mass is 386 g/mol.